The van der Waals surface area contributed by atoms with Crippen molar-refractivity contribution in [1.82, 2.24) is 55.6 Å². The molecule has 0 aromatic carbocycles. The Kier molecular flexibility index (Phi) is 34.3. The summed E-state index contributed by atoms with van der Waals surface area (Å²) in [6.45, 7) is 27.7. The van der Waals surface area contributed by atoms with Crippen molar-refractivity contribution in [1.29, 1.82) is 0 Å². The first kappa shape index (κ1) is 83.0. The molecule has 28 heteroatoms. The third kappa shape index (κ3) is 24.8. The number of carbonyl (C=O) groups is 11. The zero-order valence-electron chi connectivity index (χ0n) is 58.9. The normalized spacial score (nSPS) is 26.1. The standard InChI is InChI=1S/C63H114N11O16P/c1-25-27-28-41(15)53(89-34-90-91(86,87)88)52-57(79)66-44(26-2)59(81)68(18)33-49(75)69(19)45(29-35(3)4)56(78)67-50(39(11)12)62(84)70(20)46(30-36(5)6)55(77)64-42(16)54(76)65-43(17)58(80)71(21)47(31-37(7)8)60(82)72(22)48(32-38(9)10)61(83)73(23)51(40(13)14)63(85)74(52)24/h25,27,35-48,50-53H,26,28-34H2,1-24H3,(H,64,77)(H,65,76)(H,66,79)(H,67,78)(H2,86,87,88)/b27-25+/t41-,42+,43-,44+,45+,46+,47+,48+,50+,51+,52+,53?/m1/s1. The molecule has 0 aromatic heterocycles. The molecule has 91 heavy (non-hydrogen) atoms. The summed E-state index contributed by atoms with van der Waals surface area (Å²) in [5.41, 5.74) is 0. The van der Waals surface area contributed by atoms with E-state index >= 15 is 19.2 Å². The predicted molar refractivity (Wildman–Crippen MR) is 345 cm³/mol. The lowest BCUT2D eigenvalue weighted by atomic mass is 9.91. The fraction of sp³-hybridized carbons (Fsp3) is 0.794. The lowest BCUT2D eigenvalue weighted by molar-refractivity contribution is -0.161. The molecule has 1 aliphatic heterocycles. The zero-order chi connectivity index (χ0) is 70.6. The van der Waals surface area contributed by atoms with Crippen molar-refractivity contribution in [3.05, 3.63) is 12.2 Å². The highest BCUT2D eigenvalue weighted by molar-refractivity contribution is 7.46. The van der Waals surface area contributed by atoms with Gasteiger partial charge in [-0.15, -0.1) is 0 Å². The lowest BCUT2D eigenvalue weighted by Gasteiger charge is -2.42. The molecule has 0 saturated carbocycles. The largest absolute Gasteiger partial charge is 0.471 e. The predicted octanol–water partition coefficient (Wildman–Crippen LogP) is 3.36. The third-order valence-corrected chi connectivity index (χ3v) is 17.0. The Hall–Kier alpha value is -6.02. The number of phosphoric acid groups is 1. The van der Waals surface area contributed by atoms with Gasteiger partial charge in [0.05, 0.1) is 12.6 Å². The number of nitrogens with one attached hydrogen (secondary N) is 4. The number of nitrogens with zero attached hydrogens (tertiary/aromatic N) is 7. The van der Waals surface area contributed by atoms with Crippen LogP contribution in [-0.2, 0) is 66.6 Å². The minimum absolute atomic E-state index is 0.0637. The summed E-state index contributed by atoms with van der Waals surface area (Å²) in [6.07, 6.45) is 2.64. The summed E-state index contributed by atoms with van der Waals surface area (Å²) in [6, 6.07) is -13.0. The monoisotopic (exact) mass is 1310 g/mol. The third-order valence-electron chi connectivity index (χ3n) is 16.5. The van der Waals surface area contributed by atoms with Crippen molar-refractivity contribution in [2.75, 3.05) is 62.7 Å². The van der Waals surface area contributed by atoms with E-state index < -0.39 is 170 Å². The maximum absolute atomic E-state index is 15.5. The number of hydrogen-bond acceptors (Lipinski definition) is 14. The Morgan fingerprint density at radius 1 is 0.505 bits per heavy atom. The molecule has 1 heterocycles. The Morgan fingerprint density at radius 2 is 0.934 bits per heavy atom. The summed E-state index contributed by atoms with van der Waals surface area (Å²) < 4.78 is 22.7. The van der Waals surface area contributed by atoms with Crippen LogP contribution in [0.1, 0.15) is 156 Å². The van der Waals surface area contributed by atoms with E-state index in [1.807, 2.05) is 55.4 Å². The molecule has 1 saturated heterocycles. The maximum atomic E-state index is 15.5. The summed E-state index contributed by atoms with van der Waals surface area (Å²) >= 11 is 0. The summed E-state index contributed by atoms with van der Waals surface area (Å²) in [5, 5.41) is 10.9. The smallest absolute Gasteiger partial charge is 0.349 e. The number of amides is 11. The van der Waals surface area contributed by atoms with E-state index in [1.54, 1.807) is 60.6 Å². The van der Waals surface area contributed by atoms with E-state index in [4.69, 9.17) is 9.26 Å². The second-order valence-electron chi connectivity index (χ2n) is 27.0. The van der Waals surface area contributed by atoms with E-state index in [0.29, 0.717) is 0 Å². The lowest BCUT2D eigenvalue weighted by Crippen LogP contribution is -2.64. The number of likely N-dealkylation sites (N-methyl/N-ethyl adjacent to an activating group) is 7. The highest BCUT2D eigenvalue weighted by Crippen LogP contribution is 2.36. The molecular formula is C63H114N11O16P. The quantitative estimate of drug-likeness (QED) is 0.0613. The minimum atomic E-state index is -5.17. The molecule has 12 atom stereocenters. The summed E-state index contributed by atoms with van der Waals surface area (Å²) in [4.78, 5) is 189. The SMILES string of the molecule is C/C=C/C[C@@H](C)C(OCOP(=O)(O)O)[C@H]1C(=O)N[C@@H](CC)C(=O)N(C)CC(=O)N(C)[C@@H](CC(C)C)C(=O)N[C@@H](C(C)C)C(=O)N(C)[C@@H](CC(C)C)C(=O)N[C@@H](C)C(=O)N[C@H](C)C(=O)N(C)[C@@H](CC(C)C)C(=O)N(C)[C@@H](CC(C)C)C(=O)N(C)[C@@H](C(C)C)C(=O)N1C. The molecule has 0 aliphatic carbocycles. The van der Waals surface area contributed by atoms with Crippen LogP contribution in [0.4, 0.5) is 0 Å². The van der Waals surface area contributed by atoms with Gasteiger partial charge in [-0.3, -0.25) is 57.3 Å². The van der Waals surface area contributed by atoms with Crippen LogP contribution in [0.15, 0.2) is 12.2 Å². The van der Waals surface area contributed by atoms with Gasteiger partial charge in [0.2, 0.25) is 65.0 Å². The molecule has 6 N–H and O–H groups in total. The maximum Gasteiger partial charge on any atom is 0.471 e. The van der Waals surface area contributed by atoms with Gasteiger partial charge >= 0.3 is 7.82 Å². The number of allylic oxidation sites excluding steroid dienone is 2. The van der Waals surface area contributed by atoms with E-state index in [1.165, 1.54) is 87.7 Å². The van der Waals surface area contributed by atoms with Gasteiger partial charge in [0.25, 0.3) is 0 Å². The number of hydrogen-bond donors (Lipinski definition) is 6. The molecule has 522 valence electrons. The van der Waals surface area contributed by atoms with Crippen molar-refractivity contribution in [2.24, 2.45) is 41.4 Å². The van der Waals surface area contributed by atoms with Gasteiger partial charge in [0.1, 0.15) is 60.4 Å². The van der Waals surface area contributed by atoms with Gasteiger partial charge in [-0.1, -0.05) is 109 Å². The minimum Gasteiger partial charge on any atom is -0.349 e. The number of carbonyl (C=O) groups excluding carboxylic acids is 11. The van der Waals surface area contributed by atoms with Gasteiger partial charge < -0.3 is 70.1 Å². The Balaban J connectivity index is 4.49. The Labute approximate surface area is 541 Å². The molecule has 1 fully saturated rings. The van der Waals surface area contributed by atoms with Gasteiger partial charge in [-0.25, -0.2) is 4.57 Å². The van der Waals surface area contributed by atoms with Gasteiger partial charge in [-0.2, -0.15) is 0 Å². The first-order valence-electron chi connectivity index (χ1n) is 31.9. The van der Waals surface area contributed by atoms with Crippen LogP contribution in [0.2, 0.25) is 0 Å². The molecule has 1 aliphatic rings. The van der Waals surface area contributed by atoms with Crippen LogP contribution < -0.4 is 21.3 Å². The van der Waals surface area contributed by atoms with Crippen LogP contribution in [0.25, 0.3) is 0 Å². The molecule has 0 aromatic rings. The van der Waals surface area contributed by atoms with Crippen molar-refractivity contribution in [3.63, 3.8) is 0 Å². The van der Waals surface area contributed by atoms with Crippen LogP contribution >= 0.6 is 7.82 Å². The number of rotatable bonds is 19. The first-order valence-corrected chi connectivity index (χ1v) is 33.4. The van der Waals surface area contributed by atoms with E-state index in [0.717, 1.165) is 9.80 Å². The van der Waals surface area contributed by atoms with Crippen molar-refractivity contribution in [3.8, 4) is 0 Å². The van der Waals surface area contributed by atoms with Crippen LogP contribution in [0, 0.1) is 41.4 Å². The second kappa shape index (κ2) is 37.6. The zero-order valence-corrected chi connectivity index (χ0v) is 59.8. The van der Waals surface area contributed by atoms with E-state index in [9.17, 15) is 47.9 Å². The van der Waals surface area contributed by atoms with E-state index in [2.05, 4.69) is 21.3 Å². The highest BCUT2D eigenvalue weighted by atomic mass is 31.2. The van der Waals surface area contributed by atoms with Crippen LogP contribution in [0.5, 0.6) is 0 Å². The molecule has 1 rings (SSSR count). The molecule has 11 amide bonds. The molecule has 1 unspecified atom stereocenters. The van der Waals surface area contributed by atoms with Crippen LogP contribution in [0.3, 0.4) is 0 Å². The Bertz CT molecular complexity index is 2560. The fourth-order valence-corrected chi connectivity index (χ4v) is 11.3. The summed E-state index contributed by atoms with van der Waals surface area (Å²) in [7, 11) is 4.48. The van der Waals surface area contributed by atoms with Gasteiger partial charge in [0.15, 0.2) is 6.79 Å². The van der Waals surface area contributed by atoms with Gasteiger partial charge in [-0.05, 0) is 101 Å². The van der Waals surface area contributed by atoms with E-state index in [-0.39, 0.29) is 62.2 Å². The number of phosphoric ester groups is 1. The molecule has 0 bridgehead atoms. The molecule has 0 radical (unpaired) electrons. The highest BCUT2D eigenvalue weighted by Gasteiger charge is 2.46. The molecule has 0 spiro atoms. The number of ether oxygens (including phenoxy) is 1. The van der Waals surface area contributed by atoms with Gasteiger partial charge in [0, 0.05) is 49.3 Å². The van der Waals surface area contributed by atoms with Crippen molar-refractivity contribution in [2.45, 2.75) is 223 Å². The average Bonchev–Trinajstić information content (AvgIpc) is 0.870. The second-order valence-corrected chi connectivity index (χ2v) is 28.2. The molecular weight excluding hydrogens is 1200 g/mol. The van der Waals surface area contributed by atoms with Crippen molar-refractivity contribution < 1.29 is 76.4 Å². The van der Waals surface area contributed by atoms with Crippen molar-refractivity contribution >= 4 is 72.8 Å². The summed E-state index contributed by atoms with van der Waals surface area (Å²) in [5.74, 6) is -10.7. The molecule has 27 nitrogen and oxygen atoms in total. The fourth-order valence-electron chi connectivity index (χ4n) is 11.1. The van der Waals surface area contributed by atoms with Crippen LogP contribution in [-0.4, -0.2) is 238 Å². The average molecular weight is 1310 g/mol. The Morgan fingerprint density at radius 3 is 1.38 bits per heavy atom. The topological polar surface area (TPSA) is 335 Å². The first-order chi connectivity index (χ1) is 41.9.